The number of fused-ring (bicyclic) bond motifs is 3. The summed E-state index contributed by atoms with van der Waals surface area (Å²) in [6, 6.07) is 13.1. The molecule has 8 nitrogen and oxygen atoms in total. The van der Waals surface area contributed by atoms with E-state index in [1.165, 1.54) is 22.2 Å². The Bertz CT molecular complexity index is 1670. The van der Waals surface area contributed by atoms with Crippen LogP contribution in [0.5, 0.6) is 0 Å². The smallest absolute Gasteiger partial charge is 0.265 e. The van der Waals surface area contributed by atoms with Crippen LogP contribution < -0.4 is 5.56 Å². The third-order valence-corrected chi connectivity index (χ3v) is 6.26. The summed E-state index contributed by atoms with van der Waals surface area (Å²) in [4.78, 5) is 25.7. The van der Waals surface area contributed by atoms with E-state index in [1.807, 2.05) is 41.8 Å². The van der Waals surface area contributed by atoms with Crippen molar-refractivity contribution in [3.8, 4) is 28.5 Å². The van der Waals surface area contributed by atoms with Gasteiger partial charge in [0.15, 0.2) is 5.69 Å². The van der Waals surface area contributed by atoms with Gasteiger partial charge in [-0.15, -0.1) is 11.3 Å². The molecule has 5 heterocycles. The van der Waals surface area contributed by atoms with Crippen molar-refractivity contribution in [3.05, 3.63) is 93.2 Å². The maximum atomic E-state index is 14.0. The van der Waals surface area contributed by atoms with E-state index in [4.69, 9.17) is 0 Å². The van der Waals surface area contributed by atoms with Crippen LogP contribution in [0.3, 0.4) is 0 Å². The number of thiazole rings is 1. The largest absolute Gasteiger partial charge is 0.301 e. The van der Waals surface area contributed by atoms with E-state index in [2.05, 4.69) is 25.1 Å². The number of para-hydroxylation sites is 1. The molecule has 1 aromatic carbocycles. The summed E-state index contributed by atoms with van der Waals surface area (Å²) in [5, 5.41) is 11.9. The molecule has 0 radical (unpaired) electrons. The second kappa shape index (κ2) is 7.92. The molecule has 2 aliphatic rings. The molecule has 34 heavy (non-hydrogen) atoms. The number of benzene rings is 1. The van der Waals surface area contributed by atoms with Crippen LogP contribution in [0.2, 0.25) is 0 Å². The maximum absolute atomic E-state index is 14.0. The molecule has 10 heteroatoms. The van der Waals surface area contributed by atoms with Crippen LogP contribution in [0.25, 0.3) is 39.4 Å². The molecule has 0 saturated carbocycles. The molecule has 0 saturated heterocycles. The van der Waals surface area contributed by atoms with E-state index >= 15 is 0 Å². The average molecular weight is 470 g/mol. The van der Waals surface area contributed by atoms with Crippen LogP contribution in [0.4, 0.5) is 4.39 Å². The fourth-order valence-electron chi connectivity index (χ4n) is 3.94. The first-order valence-electron chi connectivity index (χ1n) is 10.4. The van der Waals surface area contributed by atoms with Crippen LogP contribution in [-0.2, 0) is 6.54 Å². The first-order valence-corrected chi connectivity index (χ1v) is 11.4. The standard InChI is InChI=1S/C24H16FN7OS/c1-14-19(8-9-26-23(14)25)32-24(33)22-21(30-32)16-4-2-3-5-20(16)31(29-22)11-15-6-7-17(27-10-15)18-12-34-13-28-18/h2-10,12-13H,11H2,1H3. The van der Waals surface area contributed by atoms with E-state index in [0.717, 1.165) is 27.9 Å². The highest BCUT2D eigenvalue weighted by molar-refractivity contribution is 7.07. The van der Waals surface area contributed by atoms with E-state index in [0.29, 0.717) is 17.9 Å². The van der Waals surface area contributed by atoms with Crippen molar-refractivity contribution in [2.24, 2.45) is 0 Å². The highest BCUT2D eigenvalue weighted by atomic mass is 32.1. The zero-order valence-corrected chi connectivity index (χ0v) is 18.7. The van der Waals surface area contributed by atoms with E-state index in [1.54, 1.807) is 29.4 Å². The Kier molecular flexibility index (Phi) is 4.73. The van der Waals surface area contributed by atoms with Gasteiger partial charge in [-0.3, -0.25) is 14.5 Å². The molecule has 0 fully saturated rings. The zero-order valence-electron chi connectivity index (χ0n) is 17.9. The second-order valence-electron chi connectivity index (χ2n) is 7.76. The fraction of sp³-hybridized carbons (Fsp3) is 0.0833. The van der Waals surface area contributed by atoms with E-state index < -0.39 is 11.5 Å². The molecule has 4 aromatic rings. The molecular formula is C24H16FN7OS. The molecule has 2 aliphatic heterocycles. The minimum Gasteiger partial charge on any atom is -0.265 e. The normalized spacial score (nSPS) is 11.5. The van der Waals surface area contributed by atoms with E-state index in [-0.39, 0.29) is 11.3 Å². The summed E-state index contributed by atoms with van der Waals surface area (Å²) in [6.45, 7) is 1.98. The summed E-state index contributed by atoms with van der Waals surface area (Å²) in [5.74, 6) is -0.641. The molecule has 0 unspecified atom stereocenters. The molecule has 0 spiro atoms. The minimum absolute atomic E-state index is 0.211. The van der Waals surface area contributed by atoms with Crippen LogP contribution in [0.1, 0.15) is 11.1 Å². The van der Waals surface area contributed by atoms with Crippen LogP contribution in [0.15, 0.2) is 70.5 Å². The minimum atomic E-state index is -0.641. The zero-order chi connectivity index (χ0) is 23.2. The summed E-state index contributed by atoms with van der Waals surface area (Å²) in [7, 11) is 0. The molecule has 6 rings (SSSR count). The number of rotatable bonds is 4. The third kappa shape index (κ3) is 3.27. The predicted molar refractivity (Wildman–Crippen MR) is 127 cm³/mol. The van der Waals surface area contributed by atoms with Crippen molar-refractivity contribution in [1.29, 1.82) is 0 Å². The second-order valence-corrected chi connectivity index (χ2v) is 8.48. The summed E-state index contributed by atoms with van der Waals surface area (Å²) in [5.41, 5.74) is 5.99. The molecular weight excluding hydrogens is 453 g/mol. The first kappa shape index (κ1) is 20.3. The molecule has 0 atom stereocenters. The monoisotopic (exact) mass is 469 g/mol. The SMILES string of the molecule is Cc1c(-n2nc3c4ccccc4n(Cc4ccc(-c5cscn5)nc4)nc-3c2=O)ccnc1F. The highest BCUT2D eigenvalue weighted by Crippen LogP contribution is 2.27. The van der Waals surface area contributed by atoms with Gasteiger partial charge in [-0.2, -0.15) is 19.3 Å². The predicted octanol–water partition coefficient (Wildman–Crippen LogP) is 4.10. The first-order chi connectivity index (χ1) is 16.6. The van der Waals surface area contributed by atoms with Crippen molar-refractivity contribution in [3.63, 3.8) is 0 Å². The Balaban J connectivity index is 1.49. The van der Waals surface area contributed by atoms with Gasteiger partial charge in [0.25, 0.3) is 0 Å². The number of aromatic nitrogens is 7. The summed E-state index contributed by atoms with van der Waals surface area (Å²) >= 11 is 1.52. The quantitative estimate of drug-likeness (QED) is 0.361. The topological polar surface area (TPSA) is 91.4 Å². The van der Waals surface area contributed by atoms with Gasteiger partial charge in [-0.05, 0) is 30.7 Å². The van der Waals surface area contributed by atoms with E-state index in [9.17, 15) is 9.18 Å². The lowest BCUT2D eigenvalue weighted by atomic mass is 10.1. The Labute approximate surface area is 196 Å². The molecule has 3 aromatic heterocycles. The summed E-state index contributed by atoms with van der Waals surface area (Å²) < 4.78 is 17.0. The number of hydrogen-bond donors (Lipinski definition) is 0. The average Bonchev–Trinajstić information content (AvgIpc) is 3.51. The van der Waals surface area contributed by atoms with Gasteiger partial charge < -0.3 is 0 Å². The lowest BCUT2D eigenvalue weighted by Gasteiger charge is -2.12. The number of nitrogens with zero attached hydrogens (tertiary/aromatic N) is 7. The van der Waals surface area contributed by atoms with Gasteiger partial charge in [0.2, 0.25) is 5.95 Å². The molecule has 166 valence electrons. The van der Waals surface area contributed by atoms with Crippen molar-refractivity contribution in [2.45, 2.75) is 13.5 Å². The Morgan fingerprint density at radius 2 is 1.85 bits per heavy atom. The van der Waals surface area contributed by atoms with Crippen molar-refractivity contribution in [1.82, 2.24) is 34.5 Å². The van der Waals surface area contributed by atoms with Gasteiger partial charge >= 0.3 is 5.56 Å². The van der Waals surface area contributed by atoms with Crippen molar-refractivity contribution >= 4 is 22.2 Å². The lowest BCUT2D eigenvalue weighted by Crippen LogP contribution is -2.18. The molecule has 0 bridgehead atoms. The molecule has 0 aliphatic carbocycles. The van der Waals surface area contributed by atoms with Gasteiger partial charge in [-0.25, -0.2) is 9.97 Å². The maximum Gasteiger partial charge on any atom is 0.301 e. The number of halogens is 1. The highest BCUT2D eigenvalue weighted by Gasteiger charge is 2.24. The molecule has 0 N–H and O–H groups in total. The lowest BCUT2D eigenvalue weighted by molar-refractivity contribution is 0.571. The Morgan fingerprint density at radius 1 is 0.971 bits per heavy atom. The number of pyridine rings is 2. The van der Waals surface area contributed by atoms with Crippen LogP contribution in [0, 0.1) is 12.9 Å². The van der Waals surface area contributed by atoms with Gasteiger partial charge in [0, 0.05) is 28.7 Å². The third-order valence-electron chi connectivity index (χ3n) is 5.67. The van der Waals surface area contributed by atoms with Gasteiger partial charge in [-0.1, -0.05) is 24.3 Å². The van der Waals surface area contributed by atoms with Gasteiger partial charge in [0.05, 0.1) is 34.6 Å². The van der Waals surface area contributed by atoms with Crippen LogP contribution >= 0.6 is 11.3 Å². The fourth-order valence-corrected chi connectivity index (χ4v) is 4.48. The Morgan fingerprint density at radius 3 is 2.65 bits per heavy atom. The van der Waals surface area contributed by atoms with Crippen LogP contribution in [-0.4, -0.2) is 34.5 Å². The Hall–Kier alpha value is -4.31. The van der Waals surface area contributed by atoms with Crippen molar-refractivity contribution in [2.75, 3.05) is 0 Å². The van der Waals surface area contributed by atoms with Crippen molar-refractivity contribution < 1.29 is 4.39 Å². The number of hydrogen-bond acceptors (Lipinski definition) is 7. The summed E-state index contributed by atoms with van der Waals surface area (Å²) in [6.07, 6.45) is 3.10. The van der Waals surface area contributed by atoms with Gasteiger partial charge in [0.1, 0.15) is 5.69 Å². The molecule has 0 amide bonds.